The molecule has 16 heavy (non-hydrogen) atoms. The Morgan fingerprint density at radius 2 is 2.19 bits per heavy atom. The highest BCUT2D eigenvalue weighted by atomic mass is 16.3. The average Bonchev–Trinajstić information content (AvgIpc) is 2.91. The fraction of sp³-hybridized carbons (Fsp3) is 0.714. The van der Waals surface area contributed by atoms with Crippen LogP contribution in [0.15, 0.2) is 22.8 Å². The lowest BCUT2D eigenvalue weighted by molar-refractivity contribution is 0.258. The highest BCUT2D eigenvalue weighted by molar-refractivity contribution is 5.04. The molecular weight excluding hydrogens is 198 g/mol. The molecular formula is C14H23NO. The van der Waals surface area contributed by atoms with Crippen molar-refractivity contribution in [3.8, 4) is 0 Å². The first kappa shape index (κ1) is 11.7. The lowest BCUT2D eigenvalue weighted by Gasteiger charge is -2.28. The lowest BCUT2D eigenvalue weighted by atomic mass is 9.81. The Bertz CT molecular complexity index is 286. The van der Waals surface area contributed by atoms with Crippen molar-refractivity contribution < 1.29 is 4.42 Å². The quantitative estimate of drug-likeness (QED) is 0.745. The van der Waals surface area contributed by atoms with Crippen molar-refractivity contribution in [1.82, 2.24) is 5.32 Å². The zero-order valence-electron chi connectivity index (χ0n) is 10.3. The van der Waals surface area contributed by atoms with Crippen molar-refractivity contribution in [1.29, 1.82) is 0 Å². The Hall–Kier alpha value is -0.760. The predicted molar refractivity (Wildman–Crippen MR) is 66.5 cm³/mol. The Kier molecular flexibility index (Phi) is 4.05. The standard InChI is InChI=1S/C14H23NO/c1-2-9-15-12-14(7-3-4-8-14)11-13-6-5-10-16-13/h5-6,10,15H,2-4,7-9,11-12H2,1H3. The van der Waals surface area contributed by atoms with Crippen LogP contribution in [0.25, 0.3) is 0 Å². The molecule has 0 atom stereocenters. The highest BCUT2D eigenvalue weighted by Gasteiger charge is 2.34. The molecule has 1 aliphatic rings. The van der Waals surface area contributed by atoms with Gasteiger partial charge in [0.1, 0.15) is 5.76 Å². The summed E-state index contributed by atoms with van der Waals surface area (Å²) in [5.74, 6) is 1.15. The summed E-state index contributed by atoms with van der Waals surface area (Å²) >= 11 is 0. The smallest absolute Gasteiger partial charge is 0.104 e. The molecule has 1 fully saturated rings. The Morgan fingerprint density at radius 3 is 2.81 bits per heavy atom. The van der Waals surface area contributed by atoms with E-state index in [4.69, 9.17) is 4.42 Å². The van der Waals surface area contributed by atoms with E-state index in [-0.39, 0.29) is 0 Å². The second kappa shape index (κ2) is 5.53. The average molecular weight is 221 g/mol. The minimum absolute atomic E-state index is 0.465. The molecule has 0 aromatic carbocycles. The van der Waals surface area contributed by atoms with Crippen LogP contribution < -0.4 is 5.32 Å². The minimum Gasteiger partial charge on any atom is -0.469 e. The van der Waals surface area contributed by atoms with Crippen LogP contribution in [0.5, 0.6) is 0 Å². The first-order chi connectivity index (χ1) is 7.85. The third-order valence-electron chi connectivity index (χ3n) is 3.72. The number of nitrogens with one attached hydrogen (secondary N) is 1. The summed E-state index contributed by atoms with van der Waals surface area (Å²) in [6, 6.07) is 4.11. The maximum atomic E-state index is 5.50. The second-order valence-corrected chi connectivity index (χ2v) is 5.14. The van der Waals surface area contributed by atoms with Gasteiger partial charge in [-0.1, -0.05) is 19.8 Å². The first-order valence-corrected chi connectivity index (χ1v) is 6.58. The topological polar surface area (TPSA) is 25.2 Å². The van der Waals surface area contributed by atoms with Gasteiger partial charge in [0.25, 0.3) is 0 Å². The number of rotatable bonds is 6. The molecule has 0 aliphatic heterocycles. The third kappa shape index (κ3) is 2.88. The Balaban J connectivity index is 1.92. The monoisotopic (exact) mass is 221 g/mol. The largest absolute Gasteiger partial charge is 0.469 e. The van der Waals surface area contributed by atoms with E-state index in [2.05, 4.69) is 18.3 Å². The van der Waals surface area contributed by atoms with E-state index in [1.807, 2.05) is 6.07 Å². The molecule has 1 aromatic rings. The summed E-state index contributed by atoms with van der Waals surface area (Å²) < 4.78 is 5.50. The maximum Gasteiger partial charge on any atom is 0.104 e. The van der Waals surface area contributed by atoms with Crippen LogP contribution in [0, 0.1) is 5.41 Å². The fourth-order valence-electron chi connectivity index (χ4n) is 2.85. The van der Waals surface area contributed by atoms with E-state index >= 15 is 0 Å². The molecule has 1 N–H and O–H groups in total. The molecule has 90 valence electrons. The van der Waals surface area contributed by atoms with Gasteiger partial charge in [0.2, 0.25) is 0 Å². The molecule has 0 saturated heterocycles. The van der Waals surface area contributed by atoms with Crippen molar-refractivity contribution in [3.63, 3.8) is 0 Å². The van der Waals surface area contributed by atoms with E-state index in [0.717, 1.165) is 25.3 Å². The zero-order chi connectivity index (χ0) is 11.3. The molecule has 2 nitrogen and oxygen atoms in total. The summed E-state index contributed by atoms with van der Waals surface area (Å²) in [6.45, 7) is 4.52. The van der Waals surface area contributed by atoms with E-state index in [1.165, 1.54) is 32.1 Å². The minimum atomic E-state index is 0.465. The molecule has 1 saturated carbocycles. The molecule has 1 aromatic heterocycles. The van der Waals surface area contributed by atoms with Gasteiger partial charge in [0, 0.05) is 13.0 Å². The Labute approximate surface area is 98.4 Å². The van der Waals surface area contributed by atoms with Gasteiger partial charge in [0.15, 0.2) is 0 Å². The van der Waals surface area contributed by atoms with Crippen LogP contribution in [-0.4, -0.2) is 13.1 Å². The predicted octanol–water partition coefficient (Wildman–Crippen LogP) is 3.38. The molecule has 2 rings (SSSR count). The Morgan fingerprint density at radius 1 is 1.38 bits per heavy atom. The van der Waals surface area contributed by atoms with E-state index in [0.29, 0.717) is 5.41 Å². The molecule has 2 heteroatoms. The summed E-state index contributed by atoms with van der Waals surface area (Å²) in [7, 11) is 0. The summed E-state index contributed by atoms with van der Waals surface area (Å²) in [5, 5.41) is 3.59. The summed E-state index contributed by atoms with van der Waals surface area (Å²) in [6.07, 6.45) is 9.59. The van der Waals surface area contributed by atoms with Gasteiger partial charge in [0.05, 0.1) is 6.26 Å². The summed E-state index contributed by atoms with van der Waals surface area (Å²) in [5.41, 5.74) is 0.465. The molecule has 0 radical (unpaired) electrons. The van der Waals surface area contributed by atoms with Crippen LogP contribution >= 0.6 is 0 Å². The second-order valence-electron chi connectivity index (χ2n) is 5.14. The molecule has 0 bridgehead atoms. The van der Waals surface area contributed by atoms with E-state index < -0.39 is 0 Å². The van der Waals surface area contributed by atoms with Gasteiger partial charge in [-0.05, 0) is 43.4 Å². The van der Waals surface area contributed by atoms with Crippen LogP contribution in [0.4, 0.5) is 0 Å². The van der Waals surface area contributed by atoms with Crippen molar-refractivity contribution in [2.24, 2.45) is 5.41 Å². The fourth-order valence-corrected chi connectivity index (χ4v) is 2.85. The maximum absolute atomic E-state index is 5.50. The van der Waals surface area contributed by atoms with Crippen LogP contribution in [0.2, 0.25) is 0 Å². The SMILES string of the molecule is CCCNCC1(Cc2ccco2)CCCC1. The zero-order valence-corrected chi connectivity index (χ0v) is 10.3. The van der Waals surface area contributed by atoms with Crippen LogP contribution in [0.1, 0.15) is 44.8 Å². The van der Waals surface area contributed by atoms with E-state index in [1.54, 1.807) is 6.26 Å². The van der Waals surface area contributed by atoms with Crippen molar-refractivity contribution >= 4 is 0 Å². The molecule has 0 spiro atoms. The van der Waals surface area contributed by atoms with Gasteiger partial charge in [-0.25, -0.2) is 0 Å². The molecule has 0 amide bonds. The number of hydrogen-bond donors (Lipinski definition) is 1. The lowest BCUT2D eigenvalue weighted by Crippen LogP contribution is -2.34. The molecule has 1 aliphatic carbocycles. The van der Waals surface area contributed by atoms with Crippen molar-refractivity contribution in [3.05, 3.63) is 24.2 Å². The van der Waals surface area contributed by atoms with Gasteiger partial charge in [-0.2, -0.15) is 0 Å². The van der Waals surface area contributed by atoms with Gasteiger partial charge in [-0.3, -0.25) is 0 Å². The number of furan rings is 1. The molecule has 0 unspecified atom stereocenters. The van der Waals surface area contributed by atoms with Gasteiger partial charge in [-0.15, -0.1) is 0 Å². The number of hydrogen-bond acceptors (Lipinski definition) is 2. The summed E-state index contributed by atoms with van der Waals surface area (Å²) in [4.78, 5) is 0. The van der Waals surface area contributed by atoms with Crippen LogP contribution in [-0.2, 0) is 6.42 Å². The van der Waals surface area contributed by atoms with E-state index in [9.17, 15) is 0 Å². The van der Waals surface area contributed by atoms with Gasteiger partial charge < -0.3 is 9.73 Å². The third-order valence-corrected chi connectivity index (χ3v) is 3.72. The highest BCUT2D eigenvalue weighted by Crippen LogP contribution is 2.40. The van der Waals surface area contributed by atoms with Crippen LogP contribution in [0.3, 0.4) is 0 Å². The van der Waals surface area contributed by atoms with Crippen molar-refractivity contribution in [2.45, 2.75) is 45.4 Å². The van der Waals surface area contributed by atoms with Crippen molar-refractivity contribution in [2.75, 3.05) is 13.1 Å². The molecule has 1 heterocycles. The van der Waals surface area contributed by atoms with Gasteiger partial charge >= 0.3 is 0 Å². The normalized spacial score (nSPS) is 19.1. The first-order valence-electron chi connectivity index (χ1n) is 6.58.